The molecule has 0 aliphatic carbocycles. The largest absolute Gasteiger partial charge is 0.416 e. The average Bonchev–Trinajstić information content (AvgIpc) is 2.55. The summed E-state index contributed by atoms with van der Waals surface area (Å²) in [5, 5.41) is 0. The van der Waals surface area contributed by atoms with Crippen molar-refractivity contribution in [3.63, 3.8) is 0 Å². The summed E-state index contributed by atoms with van der Waals surface area (Å²) >= 11 is 0. The molecule has 0 fully saturated rings. The zero-order valence-corrected chi connectivity index (χ0v) is 13.5. The summed E-state index contributed by atoms with van der Waals surface area (Å²) in [4.78, 5) is 20.8. The van der Waals surface area contributed by atoms with Gasteiger partial charge in [0.2, 0.25) is 0 Å². The first-order valence-corrected chi connectivity index (χ1v) is 7.66. The van der Waals surface area contributed by atoms with E-state index in [2.05, 4.69) is 9.97 Å². The Bertz CT molecular complexity index is 950. The molecule has 1 N–H and O–H groups in total. The molecule has 0 aliphatic heterocycles. The van der Waals surface area contributed by atoms with E-state index in [1.807, 2.05) is 0 Å². The molecule has 2 aromatic carbocycles. The summed E-state index contributed by atoms with van der Waals surface area (Å²) in [6, 6.07) is 12.5. The minimum Gasteiger partial charge on any atom is -0.319 e. The number of hydrogen-bond acceptors (Lipinski definition) is 3. The van der Waals surface area contributed by atoms with Crippen LogP contribution in [-0.4, -0.2) is 21.9 Å². The lowest BCUT2D eigenvalue weighted by Crippen LogP contribution is -2.25. The topological polar surface area (TPSA) is 49.0 Å². The lowest BCUT2D eigenvalue weighted by Gasteiger charge is -2.19. The molecule has 0 amide bonds. The van der Waals surface area contributed by atoms with Gasteiger partial charge in [0.1, 0.15) is 5.69 Å². The highest BCUT2D eigenvalue weighted by molar-refractivity contribution is 5.73. The monoisotopic (exact) mass is 347 g/mol. The van der Waals surface area contributed by atoms with Gasteiger partial charge in [0.25, 0.3) is 5.56 Å². The van der Waals surface area contributed by atoms with Crippen LogP contribution < -0.4 is 5.56 Å². The number of nitrogens with one attached hydrogen (secondary N) is 1. The normalized spacial score (nSPS) is 12.0. The molecule has 0 unspecified atom stereocenters. The van der Waals surface area contributed by atoms with Crippen LogP contribution in [0.2, 0.25) is 0 Å². The van der Waals surface area contributed by atoms with Crippen LogP contribution in [-0.2, 0) is 19.3 Å². The van der Waals surface area contributed by atoms with Crippen LogP contribution in [0.5, 0.6) is 0 Å². The van der Waals surface area contributed by atoms with E-state index in [0.29, 0.717) is 11.0 Å². The van der Waals surface area contributed by atoms with Gasteiger partial charge in [-0.15, -0.1) is 0 Å². The van der Waals surface area contributed by atoms with E-state index in [9.17, 15) is 18.0 Å². The minimum atomic E-state index is -4.41. The molecule has 1 aromatic heterocycles. The molecule has 0 bridgehead atoms. The number of aromatic amines is 1. The molecule has 0 aliphatic rings. The summed E-state index contributed by atoms with van der Waals surface area (Å²) in [5.41, 5.74) is 0.694. The van der Waals surface area contributed by atoms with Gasteiger partial charge in [-0.25, -0.2) is 4.98 Å². The molecule has 130 valence electrons. The van der Waals surface area contributed by atoms with Crippen LogP contribution in [0.25, 0.3) is 11.0 Å². The van der Waals surface area contributed by atoms with E-state index in [4.69, 9.17) is 0 Å². The number of fused-ring (bicyclic) bond motifs is 1. The number of aromatic nitrogens is 2. The van der Waals surface area contributed by atoms with E-state index >= 15 is 0 Å². The van der Waals surface area contributed by atoms with Gasteiger partial charge in [0, 0.05) is 13.1 Å². The predicted molar refractivity (Wildman–Crippen MR) is 89.0 cm³/mol. The number of H-pyrrole nitrogens is 1. The van der Waals surface area contributed by atoms with Gasteiger partial charge in [-0.3, -0.25) is 9.69 Å². The smallest absolute Gasteiger partial charge is 0.319 e. The molecule has 1 heterocycles. The molecular formula is C18H16F3N3O. The van der Waals surface area contributed by atoms with Gasteiger partial charge in [-0.05, 0) is 30.8 Å². The maximum absolute atomic E-state index is 13.1. The third kappa shape index (κ3) is 3.88. The Morgan fingerprint density at radius 1 is 1.04 bits per heavy atom. The Balaban J connectivity index is 1.83. The van der Waals surface area contributed by atoms with Gasteiger partial charge in [0.05, 0.1) is 16.6 Å². The van der Waals surface area contributed by atoms with Gasteiger partial charge in [-0.2, -0.15) is 13.2 Å². The Hall–Kier alpha value is -2.67. The van der Waals surface area contributed by atoms with Crippen molar-refractivity contribution in [2.45, 2.75) is 19.3 Å². The van der Waals surface area contributed by atoms with Crippen molar-refractivity contribution in [3.8, 4) is 0 Å². The van der Waals surface area contributed by atoms with Gasteiger partial charge in [0.15, 0.2) is 0 Å². The highest BCUT2D eigenvalue weighted by Crippen LogP contribution is 2.32. The van der Waals surface area contributed by atoms with Crippen LogP contribution in [0.15, 0.2) is 53.3 Å². The molecule has 25 heavy (non-hydrogen) atoms. The highest BCUT2D eigenvalue weighted by Gasteiger charge is 2.33. The van der Waals surface area contributed by atoms with E-state index in [1.165, 1.54) is 12.1 Å². The predicted octanol–water partition coefficient (Wildman–Crippen LogP) is 3.57. The first-order valence-electron chi connectivity index (χ1n) is 7.66. The van der Waals surface area contributed by atoms with Crippen molar-refractivity contribution in [3.05, 3.63) is 75.7 Å². The van der Waals surface area contributed by atoms with Crippen molar-refractivity contribution in [1.29, 1.82) is 0 Å². The van der Waals surface area contributed by atoms with Crippen molar-refractivity contribution < 1.29 is 13.2 Å². The Morgan fingerprint density at radius 2 is 1.72 bits per heavy atom. The van der Waals surface area contributed by atoms with E-state index in [1.54, 1.807) is 42.3 Å². The number of benzene rings is 2. The Kier molecular flexibility index (Phi) is 4.59. The van der Waals surface area contributed by atoms with Crippen LogP contribution in [0.3, 0.4) is 0 Å². The second-order valence-corrected chi connectivity index (χ2v) is 5.86. The number of nitrogens with zero attached hydrogens (tertiary/aromatic N) is 2. The van der Waals surface area contributed by atoms with Gasteiger partial charge < -0.3 is 4.98 Å². The van der Waals surface area contributed by atoms with Crippen molar-refractivity contribution in [1.82, 2.24) is 14.9 Å². The number of alkyl halides is 3. The van der Waals surface area contributed by atoms with Crippen molar-refractivity contribution >= 4 is 11.0 Å². The molecule has 7 heteroatoms. The minimum absolute atomic E-state index is 0.0592. The molecule has 0 atom stereocenters. The molecule has 0 spiro atoms. The second-order valence-electron chi connectivity index (χ2n) is 5.86. The van der Waals surface area contributed by atoms with Crippen LogP contribution in [0.4, 0.5) is 13.2 Å². The molecule has 4 nitrogen and oxygen atoms in total. The Labute approximate surface area is 141 Å². The standard InChI is InChI=1S/C18H16F3N3O/c1-24(10-12-6-2-3-7-13(12)18(19,20)21)11-16-17(25)23-15-9-5-4-8-14(15)22-16/h2-9H,10-11H2,1H3,(H,23,25). The molecule has 0 radical (unpaired) electrons. The number of para-hydroxylation sites is 2. The lowest BCUT2D eigenvalue weighted by atomic mass is 10.1. The van der Waals surface area contributed by atoms with E-state index in [-0.39, 0.29) is 29.9 Å². The zero-order chi connectivity index (χ0) is 18.0. The van der Waals surface area contributed by atoms with E-state index < -0.39 is 11.7 Å². The van der Waals surface area contributed by atoms with Crippen molar-refractivity contribution in [2.24, 2.45) is 0 Å². The number of rotatable bonds is 4. The fourth-order valence-electron chi connectivity index (χ4n) is 2.71. The highest BCUT2D eigenvalue weighted by atomic mass is 19.4. The summed E-state index contributed by atoms with van der Waals surface area (Å²) in [6.45, 7) is 0.204. The van der Waals surface area contributed by atoms with Gasteiger partial charge in [-0.1, -0.05) is 30.3 Å². The van der Waals surface area contributed by atoms with Crippen LogP contribution >= 0.6 is 0 Å². The Morgan fingerprint density at radius 3 is 2.48 bits per heavy atom. The fourth-order valence-corrected chi connectivity index (χ4v) is 2.71. The third-order valence-electron chi connectivity index (χ3n) is 3.85. The van der Waals surface area contributed by atoms with Crippen LogP contribution in [0.1, 0.15) is 16.8 Å². The maximum Gasteiger partial charge on any atom is 0.416 e. The summed E-state index contributed by atoms with van der Waals surface area (Å²) in [6.07, 6.45) is -4.41. The molecule has 3 aromatic rings. The first-order chi connectivity index (χ1) is 11.8. The molecule has 0 saturated heterocycles. The molecular weight excluding hydrogens is 331 g/mol. The lowest BCUT2D eigenvalue weighted by molar-refractivity contribution is -0.138. The van der Waals surface area contributed by atoms with Crippen LogP contribution in [0, 0.1) is 0 Å². The SMILES string of the molecule is CN(Cc1ccccc1C(F)(F)F)Cc1nc2ccccc2[nH]c1=O. The molecule has 0 saturated carbocycles. The number of hydrogen-bond donors (Lipinski definition) is 1. The third-order valence-corrected chi connectivity index (χ3v) is 3.85. The van der Waals surface area contributed by atoms with Gasteiger partial charge >= 0.3 is 6.18 Å². The summed E-state index contributed by atoms with van der Waals surface area (Å²) < 4.78 is 39.2. The first kappa shape index (κ1) is 17.2. The maximum atomic E-state index is 13.1. The van der Waals surface area contributed by atoms with Crippen molar-refractivity contribution in [2.75, 3.05) is 7.05 Å². The van der Waals surface area contributed by atoms with E-state index in [0.717, 1.165) is 6.07 Å². The quantitative estimate of drug-likeness (QED) is 0.785. The second kappa shape index (κ2) is 6.68. The summed E-state index contributed by atoms with van der Waals surface area (Å²) in [7, 11) is 1.66. The fraction of sp³-hybridized carbons (Fsp3) is 0.222. The summed E-state index contributed by atoms with van der Waals surface area (Å²) in [5.74, 6) is 0. The molecule has 3 rings (SSSR count). The number of halogens is 3. The zero-order valence-electron chi connectivity index (χ0n) is 13.5. The average molecular weight is 347 g/mol.